The van der Waals surface area contributed by atoms with Crippen molar-refractivity contribution >= 4 is 44.8 Å². The van der Waals surface area contributed by atoms with Crippen molar-refractivity contribution in [3.8, 4) is 0 Å². The van der Waals surface area contributed by atoms with E-state index in [1.807, 2.05) is 34.7 Å². The van der Waals surface area contributed by atoms with Gasteiger partial charge in [0.15, 0.2) is 0 Å². The first kappa shape index (κ1) is 27.8. The van der Waals surface area contributed by atoms with Gasteiger partial charge in [-0.2, -0.15) is 0 Å². The number of fused-ring (bicyclic) bond motifs is 1. The molecule has 0 unspecified atom stereocenters. The maximum Gasteiger partial charge on any atom is 0.264 e. The first-order valence-corrected chi connectivity index (χ1v) is 14.5. The van der Waals surface area contributed by atoms with Crippen molar-refractivity contribution in [1.82, 2.24) is 9.62 Å². The predicted octanol–water partition coefficient (Wildman–Crippen LogP) is 2.89. The second kappa shape index (κ2) is 11.2. The van der Waals surface area contributed by atoms with Gasteiger partial charge in [-0.15, -0.1) is 0 Å². The van der Waals surface area contributed by atoms with Gasteiger partial charge in [0.25, 0.3) is 15.9 Å². The van der Waals surface area contributed by atoms with Crippen molar-refractivity contribution < 1.29 is 18.0 Å². The second-order valence-electron chi connectivity index (χ2n) is 9.79. The monoisotopic (exact) mass is 559 g/mol. The first-order valence-electron chi connectivity index (χ1n) is 12.7. The highest BCUT2D eigenvalue weighted by molar-refractivity contribution is 7.90. The number of nitrogens with two attached hydrogens (primary N) is 1. The van der Waals surface area contributed by atoms with Crippen LogP contribution < -0.4 is 20.3 Å². The van der Waals surface area contributed by atoms with Gasteiger partial charge in [0.1, 0.15) is 6.04 Å². The van der Waals surface area contributed by atoms with Gasteiger partial charge in [0, 0.05) is 60.4 Å². The van der Waals surface area contributed by atoms with Crippen LogP contribution in [0.5, 0.6) is 0 Å². The molecule has 0 aliphatic carbocycles. The summed E-state index contributed by atoms with van der Waals surface area (Å²) in [5.41, 5.74) is 9.11. The number of rotatable bonds is 6. The molecular weight excluding hydrogens is 526 g/mol. The highest BCUT2D eigenvalue weighted by atomic mass is 35.5. The molecule has 0 spiro atoms. The molecule has 1 saturated heterocycles. The van der Waals surface area contributed by atoms with Crippen molar-refractivity contribution in [3.05, 3.63) is 64.3 Å². The lowest BCUT2D eigenvalue weighted by Gasteiger charge is -2.41. The number of aryl methyl sites for hydroxylation is 1. The van der Waals surface area contributed by atoms with E-state index >= 15 is 0 Å². The molecule has 9 nitrogen and oxygen atoms in total. The van der Waals surface area contributed by atoms with Crippen molar-refractivity contribution in [2.45, 2.75) is 44.6 Å². The van der Waals surface area contributed by atoms with E-state index in [1.54, 1.807) is 12.1 Å². The molecule has 0 radical (unpaired) electrons. The molecule has 0 saturated carbocycles. The van der Waals surface area contributed by atoms with E-state index in [2.05, 4.69) is 9.80 Å². The number of halogens is 1. The van der Waals surface area contributed by atoms with E-state index in [0.717, 1.165) is 30.8 Å². The molecule has 1 fully saturated rings. The molecular formula is C27H34ClN5O4S. The molecule has 2 heterocycles. The van der Waals surface area contributed by atoms with Crippen LogP contribution in [-0.4, -0.2) is 63.9 Å². The predicted molar refractivity (Wildman–Crippen MR) is 150 cm³/mol. The topological polar surface area (TPSA) is 116 Å². The molecule has 0 bridgehead atoms. The molecule has 2 aliphatic heterocycles. The molecule has 2 aromatic carbocycles. The van der Waals surface area contributed by atoms with E-state index in [-0.39, 0.29) is 28.1 Å². The van der Waals surface area contributed by atoms with Crippen LogP contribution in [0.2, 0.25) is 5.02 Å². The Labute approximate surface area is 229 Å². The number of amides is 2. The number of anilines is 2. The maximum absolute atomic E-state index is 13.4. The normalized spacial score (nSPS) is 17.4. The van der Waals surface area contributed by atoms with Gasteiger partial charge in [-0.25, -0.2) is 13.1 Å². The summed E-state index contributed by atoms with van der Waals surface area (Å²) >= 11 is 6.17. The van der Waals surface area contributed by atoms with Crippen LogP contribution >= 0.6 is 11.6 Å². The summed E-state index contributed by atoms with van der Waals surface area (Å²) in [5, 5.41) is 0.713. The number of hydrogen-bond donors (Lipinski definition) is 2. The Bertz CT molecular complexity index is 1350. The summed E-state index contributed by atoms with van der Waals surface area (Å²) in [6.45, 7) is 8.21. The number of nitrogens with one attached hydrogen (secondary N) is 1. The van der Waals surface area contributed by atoms with Gasteiger partial charge < -0.3 is 20.4 Å². The van der Waals surface area contributed by atoms with Crippen LogP contribution in [0.25, 0.3) is 0 Å². The third-order valence-corrected chi connectivity index (χ3v) is 8.87. The smallest absolute Gasteiger partial charge is 0.264 e. The minimum atomic E-state index is -4.02. The first-order chi connectivity index (χ1) is 18.0. The number of nitrogens with zero attached hydrogens (tertiary/aromatic N) is 3. The van der Waals surface area contributed by atoms with Gasteiger partial charge in [0.05, 0.1) is 4.90 Å². The molecule has 4 rings (SSSR count). The fourth-order valence-electron chi connectivity index (χ4n) is 4.85. The van der Waals surface area contributed by atoms with Crippen LogP contribution in [0.4, 0.5) is 11.4 Å². The Morgan fingerprint density at radius 1 is 1.00 bits per heavy atom. The molecule has 11 heteroatoms. The quantitative estimate of drug-likeness (QED) is 0.523. The number of carbonyl (C=O) groups is 2. The van der Waals surface area contributed by atoms with Crippen molar-refractivity contribution in [3.63, 3.8) is 0 Å². The molecule has 204 valence electrons. The lowest BCUT2D eigenvalue weighted by molar-refractivity contribution is -0.132. The number of allylic oxidation sites excluding steroid dienone is 1. The van der Waals surface area contributed by atoms with Crippen molar-refractivity contribution in [2.24, 2.45) is 5.73 Å². The van der Waals surface area contributed by atoms with Crippen molar-refractivity contribution in [2.75, 3.05) is 42.5 Å². The zero-order valence-corrected chi connectivity index (χ0v) is 23.5. The van der Waals surface area contributed by atoms with Gasteiger partial charge in [-0.3, -0.25) is 9.59 Å². The average Bonchev–Trinajstić information content (AvgIpc) is 2.91. The van der Waals surface area contributed by atoms with Crippen LogP contribution in [0.15, 0.2) is 58.6 Å². The maximum atomic E-state index is 13.4. The van der Waals surface area contributed by atoms with E-state index < -0.39 is 15.9 Å². The number of carbonyl (C=O) groups excluding carboxylic acids is 2. The lowest BCUT2D eigenvalue weighted by Crippen LogP contribution is -2.55. The van der Waals surface area contributed by atoms with E-state index in [1.165, 1.54) is 31.5 Å². The Morgan fingerprint density at radius 3 is 2.29 bits per heavy atom. The highest BCUT2D eigenvalue weighted by Crippen LogP contribution is 2.31. The minimum absolute atomic E-state index is 0.0113. The molecule has 1 atom stereocenters. The Kier molecular flexibility index (Phi) is 8.22. The second-order valence-corrected chi connectivity index (χ2v) is 11.9. The molecule has 2 aromatic rings. The Morgan fingerprint density at radius 2 is 1.66 bits per heavy atom. The van der Waals surface area contributed by atoms with Crippen LogP contribution in [0.3, 0.4) is 0 Å². The largest absolute Gasteiger partial charge is 0.402 e. The van der Waals surface area contributed by atoms with E-state index in [0.29, 0.717) is 31.2 Å². The summed E-state index contributed by atoms with van der Waals surface area (Å²) in [5.74, 6) is -0.650. The van der Waals surface area contributed by atoms with Gasteiger partial charge in [0.2, 0.25) is 5.91 Å². The summed E-state index contributed by atoms with van der Waals surface area (Å²) in [4.78, 5) is 31.7. The molecule has 2 amide bonds. The summed E-state index contributed by atoms with van der Waals surface area (Å²) in [6, 6.07) is 12.0. The Balaban J connectivity index is 1.36. The number of hydrogen-bond acceptors (Lipinski definition) is 7. The van der Waals surface area contributed by atoms with Gasteiger partial charge >= 0.3 is 0 Å². The zero-order chi connectivity index (χ0) is 27.6. The highest BCUT2D eigenvalue weighted by Gasteiger charge is 2.31. The molecule has 2 aliphatic rings. The fraction of sp³-hybridized carbons (Fsp3) is 0.407. The number of benzene rings is 2. The average molecular weight is 560 g/mol. The van der Waals surface area contributed by atoms with Crippen molar-refractivity contribution in [1.29, 1.82) is 0 Å². The van der Waals surface area contributed by atoms with Crippen LogP contribution in [0.1, 0.15) is 32.8 Å². The van der Waals surface area contributed by atoms with Gasteiger partial charge in [-0.1, -0.05) is 11.6 Å². The molecule has 0 aromatic heterocycles. The number of sulfonamides is 1. The third-order valence-electron chi connectivity index (χ3n) is 7.28. The minimum Gasteiger partial charge on any atom is -0.402 e. The van der Waals surface area contributed by atoms with Crippen LogP contribution in [0, 0.1) is 0 Å². The van der Waals surface area contributed by atoms with E-state index in [4.69, 9.17) is 17.3 Å². The summed E-state index contributed by atoms with van der Waals surface area (Å²) < 4.78 is 27.2. The fourth-order valence-corrected chi connectivity index (χ4v) is 6.06. The zero-order valence-electron chi connectivity index (χ0n) is 21.9. The molecule has 38 heavy (non-hydrogen) atoms. The summed E-state index contributed by atoms with van der Waals surface area (Å²) in [7, 11) is -4.02. The SMILES string of the molecule is C/C(N)=C(\C)C(=O)NS(=O)(=O)c1ccc(N2CCN(C(=O)[C@@H](C)N3CCCc4cc(Cl)ccc43)CC2)cc1. The van der Waals surface area contributed by atoms with Gasteiger partial charge in [-0.05, 0) is 81.6 Å². The van der Waals surface area contributed by atoms with Crippen LogP contribution in [-0.2, 0) is 26.0 Å². The standard InChI is InChI=1S/C27H34ClN5O4S/c1-18(19(2)29)26(34)30-38(36,37)24-9-7-23(8-10-24)31-13-15-32(16-14-31)27(35)20(3)33-12-4-5-21-17-22(28)6-11-25(21)33/h6-11,17,20H,4-5,12-16,29H2,1-3H3,(H,30,34)/b19-18-/t20-/m1/s1. The third kappa shape index (κ3) is 5.91. The Hall–Kier alpha value is -3.24. The van der Waals surface area contributed by atoms with E-state index in [9.17, 15) is 18.0 Å². The lowest BCUT2D eigenvalue weighted by atomic mass is 10.00. The molecule has 3 N–H and O–H groups in total. The number of piperazine rings is 1. The summed E-state index contributed by atoms with van der Waals surface area (Å²) in [6.07, 6.45) is 1.94.